The van der Waals surface area contributed by atoms with Crippen molar-refractivity contribution in [1.82, 2.24) is 4.90 Å². The van der Waals surface area contributed by atoms with Gasteiger partial charge in [0.05, 0.1) is 6.54 Å². The van der Waals surface area contributed by atoms with Gasteiger partial charge in [-0.05, 0) is 18.6 Å². The summed E-state index contributed by atoms with van der Waals surface area (Å²) in [5.74, 6) is -7.75. The van der Waals surface area contributed by atoms with Gasteiger partial charge in [0.15, 0.2) is 11.6 Å². The number of rotatable bonds is 1. The Morgan fingerprint density at radius 3 is 2.63 bits per heavy atom. The lowest BCUT2D eigenvalue weighted by Gasteiger charge is -2.32. The lowest BCUT2D eigenvalue weighted by molar-refractivity contribution is -0.0562. The van der Waals surface area contributed by atoms with Gasteiger partial charge in [0.25, 0.3) is 11.8 Å². The maximum atomic E-state index is 13.5. The zero-order valence-electron chi connectivity index (χ0n) is 9.80. The van der Waals surface area contributed by atoms with Crippen LogP contribution < -0.4 is 0 Å². The predicted octanol–water partition coefficient (Wildman–Crippen LogP) is 2.54. The van der Waals surface area contributed by atoms with E-state index in [2.05, 4.69) is 0 Å². The first kappa shape index (κ1) is 13.6. The molecule has 3 nitrogen and oxygen atoms in total. The van der Waals surface area contributed by atoms with E-state index in [1.54, 1.807) is 0 Å². The van der Waals surface area contributed by atoms with Crippen molar-refractivity contribution in [3.8, 4) is 5.75 Å². The van der Waals surface area contributed by atoms with E-state index in [1.165, 1.54) is 0 Å². The Morgan fingerprint density at radius 2 is 2.00 bits per heavy atom. The van der Waals surface area contributed by atoms with Crippen LogP contribution in [0.15, 0.2) is 12.1 Å². The number of piperidine rings is 1. The highest BCUT2D eigenvalue weighted by molar-refractivity contribution is 5.95. The molecule has 1 amide bonds. The normalized spacial score (nSPS) is 18.4. The van der Waals surface area contributed by atoms with Crippen molar-refractivity contribution in [2.75, 3.05) is 13.1 Å². The van der Waals surface area contributed by atoms with Crippen molar-refractivity contribution in [3.63, 3.8) is 0 Å². The van der Waals surface area contributed by atoms with Crippen LogP contribution in [0.3, 0.4) is 0 Å². The first-order chi connectivity index (χ1) is 8.82. The number of hydrogen-bond acceptors (Lipinski definition) is 2. The number of carbonyl (C=O) groups is 1. The van der Waals surface area contributed by atoms with Gasteiger partial charge in [0.2, 0.25) is 0 Å². The second kappa shape index (κ2) is 4.71. The van der Waals surface area contributed by atoms with Crippen LogP contribution >= 0.6 is 0 Å². The first-order valence-corrected chi connectivity index (χ1v) is 5.66. The van der Waals surface area contributed by atoms with E-state index in [4.69, 9.17) is 5.11 Å². The molecule has 0 spiro atoms. The fraction of sp³-hybridized carbons (Fsp3) is 0.417. The third-order valence-electron chi connectivity index (χ3n) is 2.96. The summed E-state index contributed by atoms with van der Waals surface area (Å²) in [6.45, 7) is -0.872. The van der Waals surface area contributed by atoms with Gasteiger partial charge in [0, 0.05) is 13.0 Å². The van der Waals surface area contributed by atoms with Crippen LogP contribution in [0.4, 0.5) is 17.6 Å². The van der Waals surface area contributed by atoms with Crippen molar-refractivity contribution >= 4 is 5.91 Å². The number of amides is 1. The average molecular weight is 277 g/mol. The van der Waals surface area contributed by atoms with E-state index in [9.17, 15) is 22.4 Å². The number of phenolic OH excluding ortho intramolecular Hbond substituents is 1. The third-order valence-corrected chi connectivity index (χ3v) is 2.96. The number of nitrogens with zero attached hydrogens (tertiary/aromatic N) is 1. The second-order valence-corrected chi connectivity index (χ2v) is 4.44. The molecule has 1 heterocycles. The number of alkyl halides is 2. The molecular weight excluding hydrogens is 266 g/mol. The van der Waals surface area contributed by atoms with Gasteiger partial charge in [-0.2, -0.15) is 0 Å². The zero-order chi connectivity index (χ0) is 14.2. The van der Waals surface area contributed by atoms with Gasteiger partial charge in [-0.15, -0.1) is 0 Å². The van der Waals surface area contributed by atoms with Crippen LogP contribution in [0, 0.1) is 11.6 Å². The summed E-state index contributed by atoms with van der Waals surface area (Å²) < 4.78 is 53.3. The van der Waals surface area contributed by atoms with Gasteiger partial charge >= 0.3 is 0 Å². The molecule has 104 valence electrons. The fourth-order valence-corrected chi connectivity index (χ4v) is 2.03. The minimum absolute atomic E-state index is 0.00294. The molecule has 19 heavy (non-hydrogen) atoms. The van der Waals surface area contributed by atoms with E-state index in [0.717, 1.165) is 6.07 Å². The molecule has 0 atom stereocenters. The highest BCUT2D eigenvalue weighted by atomic mass is 19.3. The minimum atomic E-state index is -3.06. The van der Waals surface area contributed by atoms with E-state index in [-0.39, 0.29) is 19.4 Å². The number of phenols is 1. The Bertz CT molecular complexity index is 519. The summed E-state index contributed by atoms with van der Waals surface area (Å²) in [7, 11) is 0. The van der Waals surface area contributed by atoms with Crippen LogP contribution in [0.5, 0.6) is 5.75 Å². The molecule has 1 saturated heterocycles. The molecule has 2 rings (SSSR count). The molecule has 7 heteroatoms. The highest BCUT2D eigenvalue weighted by Gasteiger charge is 2.38. The number of benzene rings is 1. The molecule has 1 N–H and O–H groups in total. The molecule has 0 unspecified atom stereocenters. The lowest BCUT2D eigenvalue weighted by atomic mass is 10.1. The van der Waals surface area contributed by atoms with Crippen LogP contribution in [0.1, 0.15) is 23.2 Å². The third kappa shape index (κ3) is 2.64. The standard InChI is InChI=1S/C12H11F4NO2/c13-7-2-3-8(18)10(14)9(7)11(19)17-5-1-4-12(15,16)6-17/h2-3,18H,1,4-6H2. The molecule has 0 saturated carbocycles. The lowest BCUT2D eigenvalue weighted by Crippen LogP contribution is -2.46. The summed E-state index contributed by atoms with van der Waals surface area (Å²) in [6, 6.07) is 1.47. The molecule has 0 radical (unpaired) electrons. The summed E-state index contributed by atoms with van der Waals surface area (Å²) in [5, 5.41) is 9.11. The number of halogens is 4. The number of likely N-dealkylation sites (tertiary alicyclic amines) is 1. The molecule has 1 aliphatic heterocycles. The Morgan fingerprint density at radius 1 is 1.32 bits per heavy atom. The largest absolute Gasteiger partial charge is 0.505 e. The summed E-state index contributed by atoms with van der Waals surface area (Å²) in [6.07, 6.45) is -0.303. The monoisotopic (exact) mass is 277 g/mol. The van der Waals surface area contributed by atoms with E-state index < -0.39 is 41.3 Å². The summed E-state index contributed by atoms with van der Waals surface area (Å²) in [5.41, 5.74) is -1.00. The van der Waals surface area contributed by atoms with Crippen LogP contribution in [0.25, 0.3) is 0 Å². The molecule has 0 aliphatic carbocycles. The van der Waals surface area contributed by atoms with Crippen molar-refractivity contribution in [2.45, 2.75) is 18.8 Å². The van der Waals surface area contributed by atoms with Crippen molar-refractivity contribution in [2.24, 2.45) is 0 Å². The maximum absolute atomic E-state index is 13.5. The molecule has 0 aromatic heterocycles. The Balaban J connectivity index is 2.32. The topological polar surface area (TPSA) is 40.5 Å². The molecule has 1 aromatic carbocycles. The molecule has 1 aliphatic rings. The SMILES string of the molecule is O=C(c1c(F)ccc(O)c1F)N1CCCC(F)(F)C1. The second-order valence-electron chi connectivity index (χ2n) is 4.44. The Labute approximate surface area is 106 Å². The zero-order valence-corrected chi connectivity index (χ0v) is 9.80. The van der Waals surface area contributed by atoms with E-state index >= 15 is 0 Å². The van der Waals surface area contributed by atoms with Gasteiger partial charge in [0.1, 0.15) is 11.4 Å². The fourth-order valence-electron chi connectivity index (χ4n) is 2.03. The number of hydrogen-bond donors (Lipinski definition) is 1. The predicted molar refractivity (Wildman–Crippen MR) is 58.1 cm³/mol. The van der Waals surface area contributed by atoms with Gasteiger partial charge < -0.3 is 10.0 Å². The first-order valence-electron chi connectivity index (χ1n) is 5.66. The Kier molecular flexibility index (Phi) is 3.38. The quantitative estimate of drug-likeness (QED) is 0.801. The molecule has 1 aromatic rings. The maximum Gasteiger partial charge on any atom is 0.265 e. The van der Waals surface area contributed by atoms with Gasteiger partial charge in [-0.1, -0.05) is 0 Å². The smallest absolute Gasteiger partial charge is 0.265 e. The number of carbonyl (C=O) groups excluding carboxylic acids is 1. The Hall–Kier alpha value is -1.79. The minimum Gasteiger partial charge on any atom is -0.505 e. The van der Waals surface area contributed by atoms with Crippen molar-refractivity contribution < 1.29 is 27.5 Å². The average Bonchev–Trinajstić information content (AvgIpc) is 2.33. The van der Waals surface area contributed by atoms with Gasteiger partial charge in [-0.3, -0.25) is 4.79 Å². The molecule has 0 bridgehead atoms. The van der Waals surface area contributed by atoms with Crippen LogP contribution in [-0.2, 0) is 0 Å². The number of aromatic hydroxyl groups is 1. The molecular formula is C12H11F4NO2. The summed E-state index contributed by atoms with van der Waals surface area (Å²) >= 11 is 0. The van der Waals surface area contributed by atoms with Crippen molar-refractivity contribution in [3.05, 3.63) is 29.3 Å². The summed E-state index contributed by atoms with van der Waals surface area (Å²) in [4.78, 5) is 12.6. The van der Waals surface area contributed by atoms with Crippen LogP contribution in [-0.4, -0.2) is 34.9 Å². The highest BCUT2D eigenvalue weighted by Crippen LogP contribution is 2.29. The van der Waals surface area contributed by atoms with E-state index in [0.29, 0.717) is 11.0 Å². The van der Waals surface area contributed by atoms with Crippen LogP contribution in [0.2, 0.25) is 0 Å². The van der Waals surface area contributed by atoms with E-state index in [1.807, 2.05) is 0 Å². The molecule has 1 fully saturated rings. The van der Waals surface area contributed by atoms with Gasteiger partial charge in [-0.25, -0.2) is 17.6 Å². The van der Waals surface area contributed by atoms with Crippen molar-refractivity contribution in [1.29, 1.82) is 0 Å².